The van der Waals surface area contributed by atoms with Crippen molar-refractivity contribution in [3.8, 4) is 5.75 Å². The summed E-state index contributed by atoms with van der Waals surface area (Å²) in [5.41, 5.74) is 0.580. The molecule has 1 aliphatic heterocycles. The standard InChI is InChI=1S/C15H20N2O3.ClH/c1-2-7-20-13-5-3-11(4-6-13)15(19)17-9-12-8-16-10-14(12)18;/h2-6,12,14,16,18H,1,7-10H2,(H,17,19);1H. The van der Waals surface area contributed by atoms with Crippen LogP contribution in [0.2, 0.25) is 0 Å². The van der Waals surface area contributed by atoms with Crippen molar-refractivity contribution in [1.29, 1.82) is 0 Å². The second kappa shape index (κ2) is 8.67. The largest absolute Gasteiger partial charge is 0.490 e. The lowest BCUT2D eigenvalue weighted by molar-refractivity contribution is 0.0927. The topological polar surface area (TPSA) is 70.6 Å². The molecule has 0 saturated carbocycles. The molecule has 0 bridgehead atoms. The summed E-state index contributed by atoms with van der Waals surface area (Å²) in [5, 5.41) is 15.6. The SMILES string of the molecule is C=CCOc1ccc(C(=O)NCC2CNCC2O)cc1.Cl. The van der Waals surface area contributed by atoms with E-state index in [2.05, 4.69) is 17.2 Å². The van der Waals surface area contributed by atoms with E-state index in [0.29, 0.717) is 31.0 Å². The van der Waals surface area contributed by atoms with E-state index in [9.17, 15) is 9.90 Å². The molecule has 116 valence electrons. The third-order valence-corrected chi connectivity index (χ3v) is 3.31. The van der Waals surface area contributed by atoms with Crippen LogP contribution in [0.25, 0.3) is 0 Å². The summed E-state index contributed by atoms with van der Waals surface area (Å²) in [6.45, 7) is 5.82. The zero-order valence-electron chi connectivity index (χ0n) is 11.7. The Morgan fingerprint density at radius 3 is 2.71 bits per heavy atom. The van der Waals surface area contributed by atoms with Gasteiger partial charge >= 0.3 is 0 Å². The Balaban J connectivity index is 0.00000220. The van der Waals surface area contributed by atoms with Crippen molar-refractivity contribution in [2.45, 2.75) is 6.10 Å². The molecule has 1 aromatic rings. The van der Waals surface area contributed by atoms with Gasteiger partial charge in [0.1, 0.15) is 12.4 Å². The van der Waals surface area contributed by atoms with Gasteiger partial charge in [0.2, 0.25) is 0 Å². The Morgan fingerprint density at radius 2 is 2.14 bits per heavy atom. The van der Waals surface area contributed by atoms with Crippen molar-refractivity contribution in [1.82, 2.24) is 10.6 Å². The van der Waals surface area contributed by atoms with Gasteiger partial charge in [-0.05, 0) is 24.3 Å². The minimum atomic E-state index is -0.384. The number of aliphatic hydroxyl groups is 1. The fourth-order valence-electron chi connectivity index (χ4n) is 2.11. The highest BCUT2D eigenvalue weighted by Gasteiger charge is 2.25. The second-order valence-corrected chi connectivity index (χ2v) is 4.82. The Hall–Kier alpha value is -1.56. The van der Waals surface area contributed by atoms with E-state index in [1.54, 1.807) is 30.3 Å². The number of amides is 1. The molecule has 2 rings (SSSR count). The predicted molar refractivity (Wildman–Crippen MR) is 84.1 cm³/mol. The van der Waals surface area contributed by atoms with Gasteiger partial charge in [-0.15, -0.1) is 12.4 Å². The lowest BCUT2D eigenvalue weighted by Crippen LogP contribution is -2.34. The van der Waals surface area contributed by atoms with Gasteiger partial charge in [-0.1, -0.05) is 12.7 Å². The molecule has 5 nitrogen and oxygen atoms in total. The molecule has 1 fully saturated rings. The highest BCUT2D eigenvalue weighted by atomic mass is 35.5. The first-order valence-electron chi connectivity index (χ1n) is 6.71. The van der Waals surface area contributed by atoms with Crippen LogP contribution in [-0.2, 0) is 0 Å². The van der Waals surface area contributed by atoms with Crippen LogP contribution in [0.5, 0.6) is 5.75 Å². The van der Waals surface area contributed by atoms with Crippen LogP contribution in [-0.4, -0.2) is 43.4 Å². The van der Waals surface area contributed by atoms with Gasteiger partial charge in [0.15, 0.2) is 0 Å². The second-order valence-electron chi connectivity index (χ2n) is 4.82. The number of β-amino-alcohol motifs (C(OH)–C–C–N with tert-alkyl or cyclic N) is 1. The van der Waals surface area contributed by atoms with E-state index >= 15 is 0 Å². The molecule has 0 aliphatic carbocycles. The molecule has 1 saturated heterocycles. The number of nitrogens with one attached hydrogen (secondary N) is 2. The van der Waals surface area contributed by atoms with E-state index in [0.717, 1.165) is 6.54 Å². The summed E-state index contributed by atoms with van der Waals surface area (Å²) in [6, 6.07) is 6.95. The summed E-state index contributed by atoms with van der Waals surface area (Å²) in [6.07, 6.45) is 1.28. The first-order valence-corrected chi connectivity index (χ1v) is 6.71. The minimum absolute atomic E-state index is 0. The molecule has 6 heteroatoms. The first kappa shape index (κ1) is 17.5. The first-order chi connectivity index (χ1) is 9.70. The number of rotatable bonds is 6. The van der Waals surface area contributed by atoms with Crippen LogP contribution in [0.1, 0.15) is 10.4 Å². The van der Waals surface area contributed by atoms with E-state index in [1.165, 1.54) is 0 Å². The number of hydrogen-bond donors (Lipinski definition) is 3. The van der Waals surface area contributed by atoms with Crippen molar-refractivity contribution < 1.29 is 14.6 Å². The van der Waals surface area contributed by atoms with Crippen LogP contribution < -0.4 is 15.4 Å². The Kier molecular flexibility index (Phi) is 7.22. The molecule has 3 N–H and O–H groups in total. The molecule has 1 aromatic carbocycles. The quantitative estimate of drug-likeness (QED) is 0.685. The normalized spacial score (nSPS) is 20.4. The number of aliphatic hydroxyl groups excluding tert-OH is 1. The average molecular weight is 313 g/mol. The van der Waals surface area contributed by atoms with E-state index < -0.39 is 0 Å². The molecule has 1 amide bonds. The molecule has 2 atom stereocenters. The monoisotopic (exact) mass is 312 g/mol. The maximum absolute atomic E-state index is 12.0. The van der Waals surface area contributed by atoms with Crippen LogP contribution >= 0.6 is 12.4 Å². The molecule has 0 spiro atoms. The third-order valence-electron chi connectivity index (χ3n) is 3.31. The average Bonchev–Trinajstić information content (AvgIpc) is 2.88. The third kappa shape index (κ3) is 5.04. The fourth-order valence-corrected chi connectivity index (χ4v) is 2.11. The van der Waals surface area contributed by atoms with Gasteiger partial charge in [-0.2, -0.15) is 0 Å². The van der Waals surface area contributed by atoms with Gasteiger partial charge in [0.05, 0.1) is 6.10 Å². The Bertz CT molecular complexity index is 464. The van der Waals surface area contributed by atoms with Crippen LogP contribution in [0.3, 0.4) is 0 Å². The Labute approximate surface area is 130 Å². The maximum atomic E-state index is 12.0. The number of hydrogen-bond acceptors (Lipinski definition) is 4. The molecule has 2 unspecified atom stereocenters. The minimum Gasteiger partial charge on any atom is -0.490 e. The van der Waals surface area contributed by atoms with Gasteiger partial charge in [-0.25, -0.2) is 0 Å². The van der Waals surface area contributed by atoms with Gasteiger partial charge in [0, 0.05) is 31.1 Å². The van der Waals surface area contributed by atoms with Crippen LogP contribution in [0, 0.1) is 5.92 Å². The molecule has 1 heterocycles. The van der Waals surface area contributed by atoms with E-state index in [4.69, 9.17) is 4.74 Å². The summed E-state index contributed by atoms with van der Waals surface area (Å²) in [5.74, 6) is 0.644. The molecular weight excluding hydrogens is 292 g/mol. The molecule has 1 aliphatic rings. The van der Waals surface area contributed by atoms with Gasteiger partial charge < -0.3 is 20.5 Å². The molecule has 0 aromatic heterocycles. The van der Waals surface area contributed by atoms with Crippen molar-refractivity contribution in [2.24, 2.45) is 5.92 Å². The van der Waals surface area contributed by atoms with Crippen molar-refractivity contribution in [3.05, 3.63) is 42.5 Å². The number of ether oxygens (including phenoxy) is 1. The smallest absolute Gasteiger partial charge is 0.251 e. The van der Waals surface area contributed by atoms with Crippen LogP contribution in [0.4, 0.5) is 0 Å². The van der Waals surface area contributed by atoms with Crippen molar-refractivity contribution in [3.63, 3.8) is 0 Å². The van der Waals surface area contributed by atoms with Crippen LogP contribution in [0.15, 0.2) is 36.9 Å². The molecular formula is C15H21ClN2O3. The van der Waals surface area contributed by atoms with Crippen molar-refractivity contribution in [2.75, 3.05) is 26.2 Å². The summed E-state index contributed by atoms with van der Waals surface area (Å²) in [4.78, 5) is 12.0. The number of carbonyl (C=O) groups is 1. The summed E-state index contributed by atoms with van der Waals surface area (Å²) < 4.78 is 5.35. The molecule has 21 heavy (non-hydrogen) atoms. The summed E-state index contributed by atoms with van der Waals surface area (Å²) >= 11 is 0. The number of carbonyl (C=O) groups excluding carboxylic acids is 1. The van der Waals surface area contributed by atoms with E-state index in [-0.39, 0.29) is 30.3 Å². The Morgan fingerprint density at radius 1 is 1.43 bits per heavy atom. The fraction of sp³-hybridized carbons (Fsp3) is 0.400. The van der Waals surface area contributed by atoms with E-state index in [1.807, 2.05) is 0 Å². The highest BCUT2D eigenvalue weighted by Crippen LogP contribution is 2.13. The number of halogens is 1. The number of benzene rings is 1. The zero-order chi connectivity index (χ0) is 14.4. The van der Waals surface area contributed by atoms with Gasteiger partial charge in [-0.3, -0.25) is 4.79 Å². The highest BCUT2D eigenvalue weighted by molar-refractivity contribution is 5.94. The lowest BCUT2D eigenvalue weighted by Gasteiger charge is -2.14. The predicted octanol–water partition coefficient (Wildman–Crippen LogP) is 0.983. The molecule has 0 radical (unpaired) electrons. The van der Waals surface area contributed by atoms with Gasteiger partial charge in [0.25, 0.3) is 5.91 Å². The maximum Gasteiger partial charge on any atom is 0.251 e. The zero-order valence-corrected chi connectivity index (χ0v) is 12.6. The summed E-state index contributed by atoms with van der Waals surface area (Å²) in [7, 11) is 0. The van der Waals surface area contributed by atoms with Crippen molar-refractivity contribution >= 4 is 18.3 Å². The lowest BCUT2D eigenvalue weighted by atomic mass is 10.1.